The van der Waals surface area contributed by atoms with Gasteiger partial charge in [0.15, 0.2) is 5.96 Å². The summed E-state index contributed by atoms with van der Waals surface area (Å²) in [5.74, 6) is 1.53. The van der Waals surface area contributed by atoms with Crippen molar-refractivity contribution in [2.45, 2.75) is 39.7 Å². The number of nitrogens with one attached hydrogen (secondary N) is 2. The number of morpholine rings is 1. The van der Waals surface area contributed by atoms with E-state index in [9.17, 15) is 0 Å². The third-order valence-corrected chi connectivity index (χ3v) is 6.09. The Hall–Kier alpha value is -0.160. The molecule has 29 heavy (non-hydrogen) atoms. The molecule has 2 heterocycles. The number of hydrogen-bond acceptors (Lipinski definition) is 5. The number of ether oxygens (including phenoxy) is 1. The van der Waals surface area contributed by atoms with Crippen molar-refractivity contribution in [3.63, 3.8) is 0 Å². The van der Waals surface area contributed by atoms with Gasteiger partial charge in [-0.2, -0.15) is 0 Å². The average Bonchev–Trinajstić information content (AvgIpc) is 2.73. The first kappa shape index (κ1) is 26.9. The number of guanidine groups is 1. The zero-order valence-corrected chi connectivity index (χ0v) is 21.5. The van der Waals surface area contributed by atoms with E-state index in [2.05, 4.69) is 51.1 Å². The van der Waals surface area contributed by atoms with Crippen molar-refractivity contribution in [2.24, 2.45) is 10.9 Å². The lowest BCUT2D eigenvalue weighted by Gasteiger charge is -2.37. The van der Waals surface area contributed by atoms with E-state index in [1.165, 1.54) is 52.1 Å². The van der Waals surface area contributed by atoms with Crippen LogP contribution in [0, 0.1) is 5.92 Å². The zero-order valence-electron chi connectivity index (χ0n) is 19.2. The minimum Gasteiger partial charge on any atom is -0.379 e. The van der Waals surface area contributed by atoms with Crippen LogP contribution in [0.3, 0.4) is 0 Å². The molecule has 0 bridgehead atoms. The molecule has 2 aliphatic heterocycles. The predicted molar refractivity (Wildman–Crippen MR) is 134 cm³/mol. The molecule has 0 radical (unpaired) electrons. The number of rotatable bonds is 10. The standard InChI is InChI=1S/C21H44N6O.HI/c1-5-25-10-12-26(13-11-25)9-7-6-8-23-21(22-4)24-18-20(19(2)3)27-14-16-28-17-15-27;/h19-20H,5-18H2,1-4H3,(H2,22,23,24);1H. The molecule has 2 saturated heterocycles. The maximum Gasteiger partial charge on any atom is 0.191 e. The van der Waals surface area contributed by atoms with Gasteiger partial charge in [0.25, 0.3) is 0 Å². The van der Waals surface area contributed by atoms with Crippen LogP contribution in [-0.4, -0.2) is 112 Å². The molecule has 0 aromatic carbocycles. The van der Waals surface area contributed by atoms with Gasteiger partial charge in [-0.15, -0.1) is 24.0 Å². The Morgan fingerprint density at radius 2 is 1.62 bits per heavy atom. The highest BCUT2D eigenvalue weighted by atomic mass is 127. The van der Waals surface area contributed by atoms with Gasteiger partial charge < -0.3 is 25.2 Å². The summed E-state index contributed by atoms with van der Waals surface area (Å²) >= 11 is 0. The molecule has 0 aromatic rings. The number of halogens is 1. The SMILES string of the molecule is CCN1CCN(CCCCNC(=NC)NCC(C(C)C)N2CCOCC2)CC1.I. The van der Waals surface area contributed by atoms with E-state index in [4.69, 9.17) is 4.74 Å². The molecule has 1 unspecified atom stereocenters. The van der Waals surface area contributed by atoms with Crippen LogP contribution in [0.5, 0.6) is 0 Å². The first-order valence-electron chi connectivity index (χ1n) is 11.3. The first-order chi connectivity index (χ1) is 13.6. The van der Waals surface area contributed by atoms with E-state index in [-0.39, 0.29) is 24.0 Å². The molecule has 0 saturated carbocycles. The molecule has 1 atom stereocenters. The molecule has 7 nitrogen and oxygen atoms in total. The van der Waals surface area contributed by atoms with Crippen LogP contribution in [0.2, 0.25) is 0 Å². The minimum absolute atomic E-state index is 0. The van der Waals surface area contributed by atoms with Crippen molar-refractivity contribution >= 4 is 29.9 Å². The van der Waals surface area contributed by atoms with E-state index in [0.29, 0.717) is 12.0 Å². The fourth-order valence-corrected chi connectivity index (χ4v) is 4.11. The van der Waals surface area contributed by atoms with Gasteiger partial charge in [-0.25, -0.2) is 0 Å². The smallest absolute Gasteiger partial charge is 0.191 e. The van der Waals surface area contributed by atoms with E-state index < -0.39 is 0 Å². The van der Waals surface area contributed by atoms with E-state index in [1.54, 1.807) is 0 Å². The zero-order chi connectivity index (χ0) is 20.2. The number of piperazine rings is 1. The van der Waals surface area contributed by atoms with E-state index in [1.807, 2.05) is 7.05 Å². The molecule has 0 spiro atoms. The molecule has 2 rings (SSSR count). The highest BCUT2D eigenvalue weighted by molar-refractivity contribution is 14.0. The van der Waals surface area contributed by atoms with Crippen molar-refractivity contribution in [3.8, 4) is 0 Å². The lowest BCUT2D eigenvalue weighted by Crippen LogP contribution is -2.52. The highest BCUT2D eigenvalue weighted by Gasteiger charge is 2.23. The Balaban J connectivity index is 0.00000420. The first-order valence-corrected chi connectivity index (χ1v) is 11.3. The van der Waals surface area contributed by atoms with Crippen molar-refractivity contribution in [3.05, 3.63) is 0 Å². The lowest BCUT2D eigenvalue weighted by atomic mass is 10.0. The molecule has 0 aliphatic carbocycles. The van der Waals surface area contributed by atoms with Crippen LogP contribution >= 0.6 is 24.0 Å². The van der Waals surface area contributed by atoms with Crippen LogP contribution in [0.15, 0.2) is 4.99 Å². The van der Waals surface area contributed by atoms with Gasteiger partial charge >= 0.3 is 0 Å². The normalized spacial score (nSPS) is 21.1. The Labute approximate surface area is 196 Å². The van der Waals surface area contributed by atoms with Crippen molar-refractivity contribution in [1.82, 2.24) is 25.3 Å². The summed E-state index contributed by atoms with van der Waals surface area (Å²) in [6.07, 6.45) is 2.43. The number of unbranched alkanes of at least 4 members (excludes halogenated alkanes) is 1. The summed E-state index contributed by atoms with van der Waals surface area (Å²) in [4.78, 5) is 12.1. The highest BCUT2D eigenvalue weighted by Crippen LogP contribution is 2.12. The van der Waals surface area contributed by atoms with Crippen molar-refractivity contribution in [2.75, 3.05) is 85.7 Å². The summed E-state index contributed by atoms with van der Waals surface area (Å²) in [5, 5.41) is 7.03. The van der Waals surface area contributed by atoms with Gasteiger partial charge in [-0.05, 0) is 31.8 Å². The monoisotopic (exact) mass is 524 g/mol. The van der Waals surface area contributed by atoms with Crippen LogP contribution in [0.4, 0.5) is 0 Å². The van der Waals surface area contributed by atoms with Crippen LogP contribution in [0.1, 0.15) is 33.6 Å². The molecule has 2 aliphatic rings. The fraction of sp³-hybridized carbons (Fsp3) is 0.952. The number of likely N-dealkylation sites (N-methyl/N-ethyl adjacent to an activating group) is 1. The second-order valence-corrected chi connectivity index (χ2v) is 8.32. The molecule has 2 fully saturated rings. The summed E-state index contributed by atoms with van der Waals surface area (Å²) < 4.78 is 5.50. The van der Waals surface area contributed by atoms with Gasteiger partial charge in [-0.3, -0.25) is 9.89 Å². The topological polar surface area (TPSA) is 55.4 Å². The van der Waals surface area contributed by atoms with E-state index in [0.717, 1.165) is 45.4 Å². The Bertz CT molecular complexity index is 437. The quantitative estimate of drug-likeness (QED) is 0.196. The molecular formula is C21H45IN6O. The number of nitrogens with zero attached hydrogens (tertiary/aromatic N) is 4. The summed E-state index contributed by atoms with van der Waals surface area (Å²) in [6.45, 7) is 19.9. The van der Waals surface area contributed by atoms with Gasteiger partial charge in [0, 0.05) is 65.4 Å². The van der Waals surface area contributed by atoms with Crippen LogP contribution in [0.25, 0.3) is 0 Å². The maximum absolute atomic E-state index is 5.50. The van der Waals surface area contributed by atoms with Crippen molar-refractivity contribution < 1.29 is 4.74 Å². The molecular weight excluding hydrogens is 479 g/mol. The molecule has 172 valence electrons. The minimum atomic E-state index is 0. The Morgan fingerprint density at radius 1 is 0.966 bits per heavy atom. The number of hydrogen-bond donors (Lipinski definition) is 2. The fourth-order valence-electron chi connectivity index (χ4n) is 4.11. The summed E-state index contributed by atoms with van der Waals surface area (Å²) in [5.41, 5.74) is 0. The predicted octanol–water partition coefficient (Wildman–Crippen LogP) is 1.54. The van der Waals surface area contributed by atoms with E-state index >= 15 is 0 Å². The molecule has 0 amide bonds. The van der Waals surface area contributed by atoms with Gasteiger partial charge in [-0.1, -0.05) is 20.8 Å². The second-order valence-electron chi connectivity index (χ2n) is 8.32. The molecule has 2 N–H and O–H groups in total. The largest absolute Gasteiger partial charge is 0.379 e. The Kier molecular flexibility index (Phi) is 14.5. The molecule has 8 heteroatoms. The summed E-state index contributed by atoms with van der Waals surface area (Å²) in [6, 6.07) is 0.518. The van der Waals surface area contributed by atoms with Gasteiger partial charge in [0.1, 0.15) is 0 Å². The van der Waals surface area contributed by atoms with Gasteiger partial charge in [0.2, 0.25) is 0 Å². The third kappa shape index (κ3) is 10.1. The lowest BCUT2D eigenvalue weighted by molar-refractivity contribution is 0.00752. The number of aliphatic imine (C=N–C) groups is 1. The summed E-state index contributed by atoms with van der Waals surface area (Å²) in [7, 11) is 1.86. The van der Waals surface area contributed by atoms with Crippen LogP contribution < -0.4 is 10.6 Å². The molecule has 0 aromatic heterocycles. The van der Waals surface area contributed by atoms with Crippen molar-refractivity contribution in [1.29, 1.82) is 0 Å². The average molecular weight is 525 g/mol. The maximum atomic E-state index is 5.50. The van der Waals surface area contributed by atoms with Crippen LogP contribution in [-0.2, 0) is 4.74 Å². The van der Waals surface area contributed by atoms with Gasteiger partial charge in [0.05, 0.1) is 13.2 Å². The second kappa shape index (κ2) is 15.6. The third-order valence-electron chi connectivity index (χ3n) is 6.09. The Morgan fingerprint density at radius 3 is 2.21 bits per heavy atom.